The molecule has 0 aliphatic heterocycles. The van der Waals surface area contributed by atoms with Gasteiger partial charge < -0.3 is 10.1 Å². The van der Waals surface area contributed by atoms with E-state index in [4.69, 9.17) is 16.3 Å². The molecule has 25 heavy (non-hydrogen) atoms. The summed E-state index contributed by atoms with van der Waals surface area (Å²) in [6.07, 6.45) is 0.690. The second-order valence-corrected chi connectivity index (χ2v) is 6.65. The molecule has 3 rings (SSSR count). The molecule has 4 nitrogen and oxygen atoms in total. The fourth-order valence-electron chi connectivity index (χ4n) is 2.20. The van der Waals surface area contributed by atoms with Crippen LogP contribution in [0.2, 0.25) is 5.02 Å². The lowest BCUT2D eigenvalue weighted by Crippen LogP contribution is -2.30. The highest BCUT2D eigenvalue weighted by Gasteiger charge is 2.06. The van der Waals surface area contributed by atoms with Crippen molar-refractivity contribution in [2.24, 2.45) is 0 Å². The molecule has 0 saturated heterocycles. The summed E-state index contributed by atoms with van der Waals surface area (Å²) in [5, 5.41) is 6.49. The Labute approximate surface area is 155 Å². The zero-order valence-corrected chi connectivity index (χ0v) is 15.0. The van der Waals surface area contributed by atoms with Crippen molar-refractivity contribution in [3.63, 3.8) is 0 Å². The van der Waals surface area contributed by atoms with E-state index in [2.05, 4.69) is 10.3 Å². The lowest BCUT2D eigenvalue weighted by atomic mass is 10.2. The van der Waals surface area contributed by atoms with Gasteiger partial charge in [0.1, 0.15) is 10.8 Å². The Morgan fingerprint density at radius 1 is 1.12 bits per heavy atom. The number of nitrogens with zero attached hydrogens (tertiary/aromatic N) is 1. The molecular formula is C19H17ClN2O2S. The first-order chi connectivity index (χ1) is 12.2. The average Bonchev–Trinajstić information content (AvgIpc) is 3.11. The number of thiazole rings is 1. The summed E-state index contributed by atoms with van der Waals surface area (Å²) in [4.78, 5) is 16.4. The normalized spacial score (nSPS) is 10.4. The van der Waals surface area contributed by atoms with Gasteiger partial charge in [-0.25, -0.2) is 4.98 Å². The second kappa shape index (κ2) is 8.65. The molecule has 0 aliphatic rings. The first kappa shape index (κ1) is 17.5. The number of nitrogens with one attached hydrogen (secondary N) is 1. The van der Waals surface area contributed by atoms with E-state index in [-0.39, 0.29) is 12.5 Å². The highest BCUT2D eigenvalue weighted by Crippen LogP contribution is 2.23. The van der Waals surface area contributed by atoms with Gasteiger partial charge in [-0.1, -0.05) is 41.9 Å². The van der Waals surface area contributed by atoms with Crippen molar-refractivity contribution < 1.29 is 9.53 Å². The molecule has 0 radical (unpaired) electrons. The van der Waals surface area contributed by atoms with Crippen molar-refractivity contribution in [2.75, 3.05) is 13.2 Å². The molecule has 2 aromatic carbocycles. The van der Waals surface area contributed by atoms with Crippen LogP contribution in [0.3, 0.4) is 0 Å². The smallest absolute Gasteiger partial charge is 0.257 e. The van der Waals surface area contributed by atoms with Crippen LogP contribution >= 0.6 is 22.9 Å². The Hall–Kier alpha value is -2.37. The lowest BCUT2D eigenvalue weighted by molar-refractivity contribution is -0.123. The summed E-state index contributed by atoms with van der Waals surface area (Å²) in [7, 11) is 0. The molecule has 128 valence electrons. The number of benzene rings is 2. The quantitative estimate of drug-likeness (QED) is 0.676. The van der Waals surface area contributed by atoms with Crippen LogP contribution in [0.15, 0.2) is 60.0 Å². The minimum absolute atomic E-state index is 0.0199. The first-order valence-corrected chi connectivity index (χ1v) is 9.11. The number of hydrogen-bond donors (Lipinski definition) is 1. The van der Waals surface area contributed by atoms with Crippen molar-refractivity contribution in [2.45, 2.75) is 6.42 Å². The third-order valence-corrected chi connectivity index (χ3v) is 4.65. The van der Waals surface area contributed by atoms with Crippen molar-refractivity contribution in [3.8, 4) is 16.3 Å². The molecule has 0 saturated carbocycles. The second-order valence-electron chi connectivity index (χ2n) is 5.35. The third-order valence-electron chi connectivity index (χ3n) is 3.46. The zero-order chi connectivity index (χ0) is 17.5. The van der Waals surface area contributed by atoms with E-state index in [1.807, 2.05) is 35.7 Å². The van der Waals surface area contributed by atoms with Crippen LogP contribution in [-0.2, 0) is 11.2 Å². The number of ether oxygens (including phenoxy) is 1. The number of rotatable bonds is 7. The van der Waals surface area contributed by atoms with Crippen molar-refractivity contribution in [1.29, 1.82) is 0 Å². The van der Waals surface area contributed by atoms with E-state index in [1.54, 1.807) is 35.6 Å². The molecule has 1 amide bonds. The molecule has 0 fully saturated rings. The minimum Gasteiger partial charge on any atom is -0.484 e. The van der Waals surface area contributed by atoms with Gasteiger partial charge in [0.15, 0.2) is 6.61 Å². The summed E-state index contributed by atoms with van der Waals surface area (Å²) >= 11 is 7.41. The van der Waals surface area contributed by atoms with Gasteiger partial charge in [0.2, 0.25) is 0 Å². The Balaban J connectivity index is 1.41. The van der Waals surface area contributed by atoms with Crippen LogP contribution in [0.4, 0.5) is 0 Å². The molecular weight excluding hydrogens is 356 g/mol. The van der Waals surface area contributed by atoms with E-state index in [1.165, 1.54) is 0 Å². The molecule has 1 N–H and O–H groups in total. The summed E-state index contributed by atoms with van der Waals surface area (Å²) in [5.74, 6) is 0.458. The van der Waals surface area contributed by atoms with Crippen molar-refractivity contribution >= 4 is 28.8 Å². The zero-order valence-electron chi connectivity index (χ0n) is 13.4. The number of amides is 1. The van der Waals surface area contributed by atoms with E-state index < -0.39 is 0 Å². The molecule has 0 atom stereocenters. The highest BCUT2D eigenvalue weighted by atomic mass is 35.5. The van der Waals surface area contributed by atoms with E-state index in [9.17, 15) is 4.79 Å². The number of halogens is 1. The largest absolute Gasteiger partial charge is 0.484 e. The lowest BCUT2D eigenvalue weighted by Gasteiger charge is -2.07. The maximum absolute atomic E-state index is 11.8. The highest BCUT2D eigenvalue weighted by molar-refractivity contribution is 7.13. The summed E-state index contributed by atoms with van der Waals surface area (Å²) in [6.45, 7) is 0.509. The number of aromatic nitrogens is 1. The van der Waals surface area contributed by atoms with Crippen molar-refractivity contribution in [3.05, 3.63) is 70.7 Å². The Bertz CT molecular complexity index is 819. The van der Waals surface area contributed by atoms with Gasteiger partial charge in [-0.3, -0.25) is 4.79 Å². The number of carbonyl (C=O) groups is 1. The molecule has 1 aromatic heterocycles. The molecule has 0 aliphatic carbocycles. The van der Waals surface area contributed by atoms with Crippen LogP contribution < -0.4 is 10.1 Å². The van der Waals surface area contributed by atoms with Crippen LogP contribution in [0.25, 0.3) is 10.6 Å². The van der Waals surface area contributed by atoms with Crippen LogP contribution in [-0.4, -0.2) is 24.0 Å². The molecule has 0 unspecified atom stereocenters. The van der Waals surface area contributed by atoms with Crippen LogP contribution in [0.5, 0.6) is 5.75 Å². The van der Waals surface area contributed by atoms with Crippen LogP contribution in [0, 0.1) is 0 Å². The first-order valence-electron chi connectivity index (χ1n) is 7.85. The summed E-state index contributed by atoms with van der Waals surface area (Å²) in [5.41, 5.74) is 2.09. The van der Waals surface area contributed by atoms with Gasteiger partial charge in [0, 0.05) is 28.9 Å². The van der Waals surface area contributed by atoms with E-state index in [0.29, 0.717) is 23.7 Å². The molecule has 0 spiro atoms. The summed E-state index contributed by atoms with van der Waals surface area (Å²) < 4.78 is 5.40. The molecule has 3 aromatic rings. The Morgan fingerprint density at radius 3 is 2.64 bits per heavy atom. The maximum Gasteiger partial charge on any atom is 0.257 e. The number of carbonyl (C=O) groups excluding carboxylic acids is 1. The van der Waals surface area contributed by atoms with Gasteiger partial charge in [-0.05, 0) is 24.3 Å². The number of hydrogen-bond acceptors (Lipinski definition) is 4. The van der Waals surface area contributed by atoms with Gasteiger partial charge in [-0.2, -0.15) is 0 Å². The molecule has 6 heteroatoms. The van der Waals surface area contributed by atoms with E-state index >= 15 is 0 Å². The molecule has 1 heterocycles. The standard InChI is InChI=1S/C19H17ClN2O2S/c20-15-6-8-17(9-7-15)24-12-18(23)21-11-10-16-13-25-19(22-16)14-4-2-1-3-5-14/h1-9,13H,10-12H2,(H,21,23). The Kier molecular flexibility index (Phi) is 6.04. The van der Waals surface area contributed by atoms with E-state index in [0.717, 1.165) is 16.3 Å². The maximum atomic E-state index is 11.8. The average molecular weight is 373 g/mol. The monoisotopic (exact) mass is 372 g/mol. The molecule has 0 bridgehead atoms. The predicted octanol–water partition coefficient (Wildman–Crippen LogP) is 4.20. The third kappa shape index (κ3) is 5.31. The van der Waals surface area contributed by atoms with Gasteiger partial charge in [0.25, 0.3) is 5.91 Å². The predicted molar refractivity (Wildman–Crippen MR) is 101 cm³/mol. The fraction of sp³-hybridized carbons (Fsp3) is 0.158. The Morgan fingerprint density at radius 2 is 1.88 bits per heavy atom. The van der Waals surface area contributed by atoms with Crippen LogP contribution in [0.1, 0.15) is 5.69 Å². The topological polar surface area (TPSA) is 51.2 Å². The van der Waals surface area contributed by atoms with Gasteiger partial charge >= 0.3 is 0 Å². The SMILES string of the molecule is O=C(COc1ccc(Cl)cc1)NCCc1csc(-c2ccccc2)n1. The minimum atomic E-state index is -0.159. The van der Waals surface area contributed by atoms with Crippen molar-refractivity contribution in [1.82, 2.24) is 10.3 Å². The fourth-order valence-corrected chi connectivity index (χ4v) is 3.18. The summed E-state index contributed by atoms with van der Waals surface area (Å²) in [6, 6.07) is 17.0. The van der Waals surface area contributed by atoms with Gasteiger partial charge in [-0.15, -0.1) is 11.3 Å². The van der Waals surface area contributed by atoms with Gasteiger partial charge in [0.05, 0.1) is 5.69 Å².